The Bertz CT molecular complexity index is 1100. The van der Waals surface area contributed by atoms with Gasteiger partial charge in [-0.25, -0.2) is 8.42 Å². The molecule has 7 heteroatoms. The Kier molecular flexibility index (Phi) is 5.72. The predicted octanol–water partition coefficient (Wildman–Crippen LogP) is 4.73. The van der Waals surface area contributed by atoms with E-state index < -0.39 is 10.0 Å². The zero-order valence-corrected chi connectivity index (χ0v) is 17.0. The van der Waals surface area contributed by atoms with Crippen molar-refractivity contribution in [2.24, 2.45) is 0 Å². The molecule has 0 unspecified atom stereocenters. The van der Waals surface area contributed by atoms with Gasteiger partial charge in [-0.2, -0.15) is 0 Å². The highest BCUT2D eigenvalue weighted by atomic mass is 35.5. The first kappa shape index (κ1) is 19.9. The number of nitrogens with zero attached hydrogens (tertiary/aromatic N) is 1. The Morgan fingerprint density at radius 2 is 1.61 bits per heavy atom. The number of carbonyl (C=O) groups is 1. The van der Waals surface area contributed by atoms with Gasteiger partial charge in [-0.15, -0.1) is 0 Å². The summed E-state index contributed by atoms with van der Waals surface area (Å²) in [7, 11) is -2.28. The standard InChI is InChI=1S/C21H19ClN2O3S/c1-15-8-11-18(12-9-15)28(26,27)24(2)17-10-13-19(20(22)14-17)21(25)23-16-6-4-3-5-7-16/h3-14H,1-2H3,(H,23,25). The largest absolute Gasteiger partial charge is 0.322 e. The Hall–Kier alpha value is -2.83. The molecular formula is C21H19ClN2O3S. The van der Waals surface area contributed by atoms with Crippen LogP contribution < -0.4 is 9.62 Å². The molecule has 28 heavy (non-hydrogen) atoms. The summed E-state index contributed by atoms with van der Waals surface area (Å²) in [6.07, 6.45) is 0. The maximum absolute atomic E-state index is 12.8. The summed E-state index contributed by atoms with van der Waals surface area (Å²) >= 11 is 6.27. The SMILES string of the molecule is Cc1ccc(S(=O)(=O)N(C)c2ccc(C(=O)Nc3ccccc3)c(Cl)c2)cc1. The van der Waals surface area contributed by atoms with Crippen molar-refractivity contribution >= 4 is 38.9 Å². The number of amides is 1. The molecule has 0 saturated carbocycles. The Labute approximate surface area is 169 Å². The van der Waals surface area contributed by atoms with E-state index in [0.717, 1.165) is 9.87 Å². The number of nitrogens with one attached hydrogen (secondary N) is 1. The number of hydrogen-bond acceptors (Lipinski definition) is 3. The summed E-state index contributed by atoms with van der Waals surface area (Å²) in [6.45, 7) is 1.89. The van der Waals surface area contributed by atoms with E-state index in [4.69, 9.17) is 11.6 Å². The van der Waals surface area contributed by atoms with Crippen LogP contribution in [-0.2, 0) is 10.0 Å². The lowest BCUT2D eigenvalue weighted by Gasteiger charge is -2.20. The van der Waals surface area contributed by atoms with Crippen LogP contribution in [0.15, 0.2) is 77.7 Å². The Balaban J connectivity index is 1.85. The van der Waals surface area contributed by atoms with E-state index in [1.807, 2.05) is 25.1 Å². The molecule has 5 nitrogen and oxygen atoms in total. The molecule has 144 valence electrons. The lowest BCUT2D eigenvalue weighted by Crippen LogP contribution is -2.26. The van der Waals surface area contributed by atoms with Crippen molar-refractivity contribution in [3.63, 3.8) is 0 Å². The number of halogens is 1. The first-order valence-corrected chi connectivity index (χ1v) is 10.3. The number of benzene rings is 3. The molecule has 0 aliphatic carbocycles. The van der Waals surface area contributed by atoms with Gasteiger partial charge in [0.1, 0.15) is 0 Å². The third-order valence-electron chi connectivity index (χ3n) is 4.27. The van der Waals surface area contributed by atoms with Crippen molar-refractivity contribution in [2.45, 2.75) is 11.8 Å². The molecule has 1 N–H and O–H groups in total. The number of rotatable bonds is 5. The van der Waals surface area contributed by atoms with Crippen molar-refractivity contribution < 1.29 is 13.2 Å². The molecule has 0 radical (unpaired) electrons. The molecule has 0 aromatic heterocycles. The minimum atomic E-state index is -3.73. The molecule has 3 rings (SSSR count). The number of sulfonamides is 1. The number of anilines is 2. The van der Waals surface area contributed by atoms with E-state index in [-0.39, 0.29) is 21.4 Å². The fourth-order valence-electron chi connectivity index (χ4n) is 2.61. The van der Waals surface area contributed by atoms with Gasteiger partial charge in [0.15, 0.2) is 0 Å². The normalized spacial score (nSPS) is 11.1. The lowest BCUT2D eigenvalue weighted by atomic mass is 10.2. The molecule has 0 saturated heterocycles. The van der Waals surface area contributed by atoms with E-state index >= 15 is 0 Å². The van der Waals surface area contributed by atoms with Crippen LogP contribution in [0, 0.1) is 6.92 Å². The summed E-state index contributed by atoms with van der Waals surface area (Å²) < 4.78 is 26.8. The lowest BCUT2D eigenvalue weighted by molar-refractivity contribution is 0.102. The minimum absolute atomic E-state index is 0.164. The zero-order chi connectivity index (χ0) is 20.3. The average molecular weight is 415 g/mol. The summed E-state index contributed by atoms with van der Waals surface area (Å²) in [6, 6.07) is 20.1. The van der Waals surface area contributed by atoms with Gasteiger partial charge in [-0.05, 0) is 49.4 Å². The highest BCUT2D eigenvalue weighted by Gasteiger charge is 2.22. The quantitative estimate of drug-likeness (QED) is 0.656. The molecule has 0 bridgehead atoms. The summed E-state index contributed by atoms with van der Waals surface area (Å²) in [5.74, 6) is -0.369. The van der Waals surface area contributed by atoms with Gasteiger partial charge >= 0.3 is 0 Å². The molecular weight excluding hydrogens is 396 g/mol. The van der Waals surface area contributed by atoms with Crippen LogP contribution in [0.4, 0.5) is 11.4 Å². The predicted molar refractivity (Wildman–Crippen MR) is 113 cm³/mol. The van der Waals surface area contributed by atoms with Gasteiger partial charge in [-0.1, -0.05) is 47.5 Å². The molecule has 1 amide bonds. The maximum atomic E-state index is 12.8. The monoisotopic (exact) mass is 414 g/mol. The van der Waals surface area contributed by atoms with Crippen LogP contribution in [0.1, 0.15) is 15.9 Å². The number of hydrogen-bond donors (Lipinski definition) is 1. The molecule has 0 spiro atoms. The highest BCUT2D eigenvalue weighted by molar-refractivity contribution is 7.92. The fourth-order valence-corrected chi connectivity index (χ4v) is 4.06. The molecule has 3 aromatic rings. The summed E-state index contributed by atoms with van der Waals surface area (Å²) in [5, 5.41) is 2.92. The van der Waals surface area contributed by atoms with Crippen LogP contribution in [-0.4, -0.2) is 21.4 Å². The summed E-state index contributed by atoms with van der Waals surface area (Å²) in [4.78, 5) is 12.6. The zero-order valence-electron chi connectivity index (χ0n) is 15.4. The topological polar surface area (TPSA) is 66.5 Å². The Morgan fingerprint density at radius 1 is 0.964 bits per heavy atom. The van der Waals surface area contributed by atoms with Gasteiger partial charge in [-0.3, -0.25) is 9.10 Å². The van der Waals surface area contributed by atoms with Crippen molar-refractivity contribution in [3.8, 4) is 0 Å². The first-order valence-electron chi connectivity index (χ1n) is 8.50. The van der Waals surface area contributed by atoms with Gasteiger partial charge in [0.05, 0.1) is 21.2 Å². The number of para-hydroxylation sites is 1. The van der Waals surface area contributed by atoms with Crippen LogP contribution in [0.2, 0.25) is 5.02 Å². The molecule has 0 atom stereocenters. The van der Waals surface area contributed by atoms with Gasteiger partial charge in [0, 0.05) is 12.7 Å². The average Bonchev–Trinajstić information content (AvgIpc) is 2.68. The van der Waals surface area contributed by atoms with E-state index in [2.05, 4.69) is 5.32 Å². The number of aryl methyl sites for hydroxylation is 1. The van der Waals surface area contributed by atoms with E-state index in [0.29, 0.717) is 11.4 Å². The number of carbonyl (C=O) groups excluding carboxylic acids is 1. The molecule has 0 aliphatic heterocycles. The minimum Gasteiger partial charge on any atom is -0.322 e. The first-order chi connectivity index (χ1) is 13.3. The third-order valence-corrected chi connectivity index (χ3v) is 6.38. The second-order valence-corrected chi connectivity index (χ2v) is 8.65. The van der Waals surface area contributed by atoms with E-state index in [1.165, 1.54) is 19.2 Å². The smallest absolute Gasteiger partial charge is 0.264 e. The van der Waals surface area contributed by atoms with Crippen molar-refractivity contribution in [2.75, 3.05) is 16.7 Å². The Morgan fingerprint density at radius 3 is 2.21 bits per heavy atom. The van der Waals surface area contributed by atoms with Crippen molar-refractivity contribution in [1.29, 1.82) is 0 Å². The second kappa shape index (κ2) is 8.04. The van der Waals surface area contributed by atoms with E-state index in [9.17, 15) is 13.2 Å². The van der Waals surface area contributed by atoms with Gasteiger partial charge in [0.2, 0.25) is 0 Å². The van der Waals surface area contributed by atoms with Gasteiger partial charge in [0.25, 0.3) is 15.9 Å². The summed E-state index contributed by atoms with van der Waals surface area (Å²) in [5.41, 5.74) is 2.24. The molecule has 0 heterocycles. The van der Waals surface area contributed by atoms with Crippen molar-refractivity contribution in [3.05, 3.63) is 88.9 Å². The fraction of sp³-hybridized carbons (Fsp3) is 0.0952. The highest BCUT2D eigenvalue weighted by Crippen LogP contribution is 2.28. The molecule has 0 aliphatic rings. The van der Waals surface area contributed by atoms with E-state index in [1.54, 1.807) is 42.5 Å². The van der Waals surface area contributed by atoms with Crippen LogP contribution in [0.5, 0.6) is 0 Å². The molecule has 0 fully saturated rings. The van der Waals surface area contributed by atoms with Crippen LogP contribution >= 0.6 is 11.6 Å². The van der Waals surface area contributed by atoms with Crippen LogP contribution in [0.25, 0.3) is 0 Å². The van der Waals surface area contributed by atoms with Crippen molar-refractivity contribution in [1.82, 2.24) is 0 Å². The second-order valence-electron chi connectivity index (χ2n) is 6.27. The maximum Gasteiger partial charge on any atom is 0.264 e. The van der Waals surface area contributed by atoms with Gasteiger partial charge < -0.3 is 5.32 Å². The molecule has 3 aromatic carbocycles. The third kappa shape index (κ3) is 4.18. The van der Waals surface area contributed by atoms with Crippen LogP contribution in [0.3, 0.4) is 0 Å².